The lowest BCUT2D eigenvalue weighted by Gasteiger charge is -2.14. The van der Waals surface area contributed by atoms with E-state index in [1.165, 1.54) is 0 Å². The summed E-state index contributed by atoms with van der Waals surface area (Å²) in [5.41, 5.74) is 4.40. The van der Waals surface area contributed by atoms with Crippen LogP contribution in [0, 0.1) is 6.92 Å². The molecule has 0 spiro atoms. The topological polar surface area (TPSA) is 60.7 Å². The fraction of sp³-hybridized carbons (Fsp3) is 0.429. The van der Waals surface area contributed by atoms with Gasteiger partial charge in [0, 0.05) is 0 Å². The highest BCUT2D eigenvalue weighted by atomic mass is 16.3. The summed E-state index contributed by atoms with van der Waals surface area (Å²) in [4.78, 5) is 0. The minimum atomic E-state index is -0.108. The first-order chi connectivity index (χ1) is 11.5. The van der Waals surface area contributed by atoms with Crippen molar-refractivity contribution in [2.24, 2.45) is 0 Å². The van der Waals surface area contributed by atoms with Crippen LogP contribution in [-0.4, -0.2) is 15.3 Å². The fourth-order valence-corrected chi connectivity index (χ4v) is 2.97. The van der Waals surface area contributed by atoms with Crippen LogP contribution in [0.1, 0.15) is 56.2 Å². The van der Waals surface area contributed by atoms with Gasteiger partial charge in [-0.15, -0.1) is 0 Å². The lowest BCUT2D eigenvalue weighted by molar-refractivity contribution is 0.401. The molecular weight excluding hydrogens is 300 g/mol. The summed E-state index contributed by atoms with van der Waals surface area (Å²) in [5.74, 6) is 0.235. The summed E-state index contributed by atoms with van der Waals surface area (Å²) in [5, 5.41) is 30.3. The highest BCUT2D eigenvalue weighted by Crippen LogP contribution is 2.37. The number of hydrogen-bond donors (Lipinski definition) is 3. The molecule has 0 bridgehead atoms. The maximum Gasteiger partial charge on any atom is 0.160 e. The molecule has 3 nitrogen and oxygen atoms in total. The van der Waals surface area contributed by atoms with E-state index < -0.39 is 0 Å². The summed E-state index contributed by atoms with van der Waals surface area (Å²) in [6.45, 7) is 6.05. The van der Waals surface area contributed by atoms with Gasteiger partial charge in [-0.1, -0.05) is 26.7 Å². The Labute approximate surface area is 144 Å². The maximum atomic E-state index is 10.6. The second kappa shape index (κ2) is 8.09. The van der Waals surface area contributed by atoms with Gasteiger partial charge >= 0.3 is 0 Å². The predicted molar refractivity (Wildman–Crippen MR) is 98.8 cm³/mol. The molecule has 2 aromatic rings. The van der Waals surface area contributed by atoms with E-state index in [9.17, 15) is 15.3 Å². The van der Waals surface area contributed by atoms with E-state index in [2.05, 4.69) is 13.8 Å². The molecule has 0 amide bonds. The van der Waals surface area contributed by atoms with Crippen molar-refractivity contribution in [1.82, 2.24) is 0 Å². The third-order valence-corrected chi connectivity index (χ3v) is 4.48. The van der Waals surface area contributed by atoms with Crippen LogP contribution in [0.25, 0.3) is 11.1 Å². The Morgan fingerprint density at radius 1 is 0.708 bits per heavy atom. The molecule has 0 saturated carbocycles. The van der Waals surface area contributed by atoms with Crippen LogP contribution in [0.4, 0.5) is 0 Å². The number of aryl methyl sites for hydroxylation is 3. The smallest absolute Gasteiger partial charge is 0.160 e. The number of hydrogen-bond acceptors (Lipinski definition) is 3. The van der Waals surface area contributed by atoms with Crippen molar-refractivity contribution in [1.29, 1.82) is 0 Å². The largest absolute Gasteiger partial charge is 0.507 e. The average Bonchev–Trinajstić information content (AvgIpc) is 2.57. The van der Waals surface area contributed by atoms with Gasteiger partial charge in [-0.2, -0.15) is 0 Å². The Bertz CT molecular complexity index is 652. The van der Waals surface area contributed by atoms with Gasteiger partial charge in [0.25, 0.3) is 0 Å². The minimum absolute atomic E-state index is 0.0741. The molecule has 0 radical (unpaired) electrons. The monoisotopic (exact) mass is 328 g/mol. The number of phenolic OH excluding ortho intramolecular Hbond substituents is 3. The molecule has 3 N–H and O–H groups in total. The van der Waals surface area contributed by atoms with Gasteiger partial charge in [0.2, 0.25) is 0 Å². The first-order valence-corrected chi connectivity index (χ1v) is 8.85. The first kappa shape index (κ1) is 18.2. The van der Waals surface area contributed by atoms with Crippen LogP contribution in [0.3, 0.4) is 0 Å². The first-order valence-electron chi connectivity index (χ1n) is 8.85. The fourth-order valence-electron chi connectivity index (χ4n) is 2.97. The standard InChI is InChI=1S/C21H28O3/c1-4-6-8-15-11-18(12-16(21(15)24)9-7-5-2)17-10-14(3)20(23)19(22)13-17/h10-13,22-24H,4-9H2,1-3H3. The summed E-state index contributed by atoms with van der Waals surface area (Å²) in [6, 6.07) is 7.47. The van der Waals surface area contributed by atoms with E-state index in [1.807, 2.05) is 18.2 Å². The van der Waals surface area contributed by atoms with Crippen molar-refractivity contribution in [3.63, 3.8) is 0 Å². The van der Waals surface area contributed by atoms with Crippen molar-refractivity contribution >= 4 is 0 Å². The Kier molecular flexibility index (Phi) is 6.13. The Hall–Kier alpha value is -2.16. The normalized spacial score (nSPS) is 11.0. The van der Waals surface area contributed by atoms with Crippen LogP contribution in [0.15, 0.2) is 24.3 Å². The van der Waals surface area contributed by atoms with Crippen LogP contribution < -0.4 is 0 Å². The molecule has 130 valence electrons. The molecule has 0 fully saturated rings. The van der Waals surface area contributed by atoms with Gasteiger partial charge in [0.1, 0.15) is 5.75 Å². The number of phenols is 3. The highest BCUT2D eigenvalue weighted by molar-refractivity contribution is 5.71. The second-order valence-electron chi connectivity index (χ2n) is 6.51. The zero-order valence-electron chi connectivity index (χ0n) is 14.9. The van der Waals surface area contributed by atoms with E-state index in [4.69, 9.17) is 0 Å². The molecule has 0 aliphatic rings. The van der Waals surface area contributed by atoms with E-state index in [0.29, 0.717) is 11.3 Å². The van der Waals surface area contributed by atoms with Crippen LogP contribution in [-0.2, 0) is 12.8 Å². The van der Waals surface area contributed by atoms with E-state index in [-0.39, 0.29) is 11.5 Å². The van der Waals surface area contributed by atoms with Crippen molar-refractivity contribution in [3.8, 4) is 28.4 Å². The van der Waals surface area contributed by atoms with Crippen LogP contribution in [0.2, 0.25) is 0 Å². The zero-order valence-corrected chi connectivity index (χ0v) is 14.9. The minimum Gasteiger partial charge on any atom is -0.507 e. The molecule has 0 saturated heterocycles. The lowest BCUT2D eigenvalue weighted by Crippen LogP contribution is -1.95. The Morgan fingerprint density at radius 3 is 1.67 bits per heavy atom. The molecule has 3 heteroatoms. The third kappa shape index (κ3) is 4.02. The maximum absolute atomic E-state index is 10.6. The molecule has 0 aliphatic carbocycles. The molecular formula is C21H28O3. The summed E-state index contributed by atoms with van der Waals surface area (Å²) in [6.07, 6.45) is 5.91. The second-order valence-corrected chi connectivity index (χ2v) is 6.51. The molecule has 24 heavy (non-hydrogen) atoms. The van der Waals surface area contributed by atoms with Gasteiger partial charge < -0.3 is 15.3 Å². The third-order valence-electron chi connectivity index (χ3n) is 4.48. The molecule has 2 rings (SSSR count). The van der Waals surface area contributed by atoms with Gasteiger partial charge in [0.05, 0.1) is 0 Å². The van der Waals surface area contributed by atoms with Crippen LogP contribution >= 0.6 is 0 Å². The van der Waals surface area contributed by atoms with Gasteiger partial charge in [-0.3, -0.25) is 0 Å². The van der Waals surface area contributed by atoms with Crippen molar-refractivity contribution in [3.05, 3.63) is 41.0 Å². The predicted octanol–water partition coefficient (Wildman–Crippen LogP) is 5.46. The Balaban J connectivity index is 2.52. The highest BCUT2D eigenvalue weighted by Gasteiger charge is 2.13. The van der Waals surface area contributed by atoms with Crippen molar-refractivity contribution in [2.75, 3.05) is 0 Å². The van der Waals surface area contributed by atoms with Crippen molar-refractivity contribution < 1.29 is 15.3 Å². The van der Waals surface area contributed by atoms with Gasteiger partial charge in [-0.25, -0.2) is 0 Å². The SMILES string of the molecule is CCCCc1cc(-c2cc(C)c(O)c(O)c2)cc(CCCC)c1O. The molecule has 0 aromatic heterocycles. The lowest BCUT2D eigenvalue weighted by atomic mass is 9.93. The molecule has 0 atom stereocenters. The average molecular weight is 328 g/mol. The zero-order chi connectivity index (χ0) is 17.7. The number of rotatable bonds is 7. The van der Waals surface area contributed by atoms with E-state index in [1.54, 1.807) is 13.0 Å². The summed E-state index contributed by atoms with van der Waals surface area (Å²) in [7, 11) is 0. The quantitative estimate of drug-likeness (QED) is 0.591. The van der Waals surface area contributed by atoms with E-state index in [0.717, 1.165) is 60.8 Å². The molecule has 0 aliphatic heterocycles. The molecule has 0 unspecified atom stereocenters. The van der Waals surface area contributed by atoms with Gasteiger partial charge in [-0.05, 0) is 84.7 Å². The summed E-state index contributed by atoms with van der Waals surface area (Å²) >= 11 is 0. The van der Waals surface area contributed by atoms with E-state index >= 15 is 0 Å². The van der Waals surface area contributed by atoms with Crippen LogP contribution in [0.5, 0.6) is 17.2 Å². The Morgan fingerprint density at radius 2 is 1.21 bits per heavy atom. The number of aromatic hydroxyl groups is 3. The molecule has 0 heterocycles. The number of unbranched alkanes of at least 4 members (excludes halogenated alkanes) is 2. The van der Waals surface area contributed by atoms with Gasteiger partial charge in [0.15, 0.2) is 11.5 Å². The summed E-state index contributed by atoms with van der Waals surface area (Å²) < 4.78 is 0. The van der Waals surface area contributed by atoms with Crippen molar-refractivity contribution in [2.45, 2.75) is 59.3 Å². The molecule has 2 aromatic carbocycles. The number of benzene rings is 2.